The smallest absolute Gasteiger partial charge is 0.347 e. The van der Waals surface area contributed by atoms with Crippen molar-refractivity contribution in [3.63, 3.8) is 0 Å². The highest BCUT2D eigenvalue weighted by Gasteiger charge is 2.15. The van der Waals surface area contributed by atoms with E-state index in [0.717, 1.165) is 9.86 Å². The van der Waals surface area contributed by atoms with Gasteiger partial charge in [0.1, 0.15) is 11.1 Å². The maximum absolute atomic E-state index is 12.3. The Morgan fingerprint density at radius 2 is 1.70 bits per heavy atom. The van der Waals surface area contributed by atoms with E-state index in [0.29, 0.717) is 11.1 Å². The Balaban J connectivity index is 2.14. The number of carbonyl (C=O) groups is 1. The zero-order valence-corrected chi connectivity index (χ0v) is 11.9. The van der Waals surface area contributed by atoms with Crippen LogP contribution in [0.25, 0.3) is 11.0 Å². The van der Waals surface area contributed by atoms with Crippen molar-refractivity contribution in [3.8, 4) is 0 Å². The summed E-state index contributed by atoms with van der Waals surface area (Å²) in [5.41, 5.74) is 0.364. The second-order valence-electron chi connectivity index (χ2n) is 4.32. The van der Waals surface area contributed by atoms with Crippen LogP contribution in [0.5, 0.6) is 0 Å². The van der Waals surface area contributed by atoms with Gasteiger partial charge in [0, 0.05) is 15.4 Å². The summed E-state index contributed by atoms with van der Waals surface area (Å²) in [5, 5.41) is 0.729. The summed E-state index contributed by atoms with van der Waals surface area (Å²) in [6.07, 6.45) is 0. The second kappa shape index (κ2) is 5.06. The molecule has 0 spiro atoms. The minimum absolute atomic E-state index is 0.0472. The van der Waals surface area contributed by atoms with Gasteiger partial charge < -0.3 is 4.42 Å². The number of ketones is 1. The van der Waals surface area contributed by atoms with Crippen molar-refractivity contribution in [3.05, 3.63) is 80.6 Å². The molecule has 98 valence electrons. The van der Waals surface area contributed by atoms with Gasteiger partial charge in [-0.05, 0) is 36.4 Å². The van der Waals surface area contributed by atoms with Crippen LogP contribution in [0.4, 0.5) is 0 Å². The van der Waals surface area contributed by atoms with Crippen LogP contribution in [0, 0.1) is 0 Å². The third-order valence-electron chi connectivity index (χ3n) is 2.99. The lowest BCUT2D eigenvalue weighted by Crippen LogP contribution is -2.14. The van der Waals surface area contributed by atoms with Gasteiger partial charge in [0.25, 0.3) is 0 Å². The Labute approximate surface area is 123 Å². The molecular weight excluding hydrogens is 320 g/mol. The molecule has 0 fully saturated rings. The first-order valence-electron chi connectivity index (χ1n) is 5.98. The lowest BCUT2D eigenvalue weighted by molar-refractivity contribution is 0.103. The second-order valence-corrected chi connectivity index (χ2v) is 5.24. The van der Waals surface area contributed by atoms with E-state index in [1.165, 1.54) is 0 Å². The van der Waals surface area contributed by atoms with E-state index in [1.54, 1.807) is 48.5 Å². The summed E-state index contributed by atoms with van der Waals surface area (Å²) in [7, 11) is 0. The zero-order valence-electron chi connectivity index (χ0n) is 10.3. The highest BCUT2D eigenvalue weighted by Crippen LogP contribution is 2.16. The fraction of sp³-hybridized carbons (Fsp3) is 0. The normalized spacial score (nSPS) is 10.7. The number of hydrogen-bond donors (Lipinski definition) is 0. The number of benzene rings is 2. The van der Waals surface area contributed by atoms with Gasteiger partial charge in [0.15, 0.2) is 5.78 Å². The monoisotopic (exact) mass is 328 g/mol. The van der Waals surface area contributed by atoms with Crippen LogP contribution >= 0.6 is 15.9 Å². The largest absolute Gasteiger partial charge is 0.422 e. The summed E-state index contributed by atoms with van der Waals surface area (Å²) < 4.78 is 6.05. The molecule has 2 aromatic carbocycles. The molecule has 0 aliphatic carbocycles. The molecule has 0 amide bonds. The number of para-hydroxylation sites is 1. The molecule has 3 rings (SSSR count). The van der Waals surface area contributed by atoms with Gasteiger partial charge in [-0.1, -0.05) is 34.1 Å². The van der Waals surface area contributed by atoms with E-state index in [1.807, 2.05) is 6.07 Å². The van der Waals surface area contributed by atoms with E-state index >= 15 is 0 Å². The Morgan fingerprint density at radius 3 is 2.45 bits per heavy atom. The van der Waals surface area contributed by atoms with Gasteiger partial charge in [-0.3, -0.25) is 4.79 Å². The number of carbonyl (C=O) groups excluding carboxylic acids is 1. The fourth-order valence-electron chi connectivity index (χ4n) is 1.98. The van der Waals surface area contributed by atoms with Crippen molar-refractivity contribution in [2.45, 2.75) is 0 Å². The third-order valence-corrected chi connectivity index (χ3v) is 3.52. The summed E-state index contributed by atoms with van der Waals surface area (Å²) in [6, 6.07) is 15.5. The van der Waals surface area contributed by atoms with Crippen LogP contribution < -0.4 is 5.63 Å². The maximum Gasteiger partial charge on any atom is 0.347 e. The Bertz CT molecular complexity index is 847. The van der Waals surface area contributed by atoms with Crippen molar-refractivity contribution in [2.75, 3.05) is 0 Å². The first kappa shape index (κ1) is 12.8. The molecule has 0 radical (unpaired) electrons. The Kier molecular flexibility index (Phi) is 3.24. The molecule has 20 heavy (non-hydrogen) atoms. The predicted octanol–water partition coefficient (Wildman–Crippen LogP) is 3.79. The first-order chi connectivity index (χ1) is 9.65. The quantitative estimate of drug-likeness (QED) is 0.531. The van der Waals surface area contributed by atoms with Gasteiger partial charge in [-0.2, -0.15) is 0 Å². The van der Waals surface area contributed by atoms with Crippen LogP contribution in [0.2, 0.25) is 0 Å². The van der Waals surface area contributed by atoms with Crippen LogP contribution in [0.3, 0.4) is 0 Å². The van der Waals surface area contributed by atoms with Crippen molar-refractivity contribution in [1.82, 2.24) is 0 Å². The molecule has 0 bridgehead atoms. The van der Waals surface area contributed by atoms with Crippen LogP contribution in [-0.4, -0.2) is 5.78 Å². The van der Waals surface area contributed by atoms with Gasteiger partial charge in [0.05, 0.1) is 0 Å². The average Bonchev–Trinajstić information content (AvgIpc) is 2.46. The standard InChI is InChI=1S/C16H9BrO3/c17-12-7-5-10(6-8-12)15(18)13-9-11-3-1-2-4-14(11)20-16(13)19/h1-9H. The van der Waals surface area contributed by atoms with Gasteiger partial charge >= 0.3 is 5.63 Å². The van der Waals surface area contributed by atoms with Crippen molar-refractivity contribution in [1.29, 1.82) is 0 Å². The molecule has 3 aromatic rings. The summed E-state index contributed by atoms with van der Waals surface area (Å²) in [4.78, 5) is 24.3. The van der Waals surface area contributed by atoms with Crippen LogP contribution in [-0.2, 0) is 0 Å². The fourth-order valence-corrected chi connectivity index (χ4v) is 2.24. The molecule has 4 heteroatoms. The zero-order chi connectivity index (χ0) is 14.1. The molecule has 0 N–H and O–H groups in total. The van der Waals surface area contributed by atoms with Gasteiger partial charge in [-0.15, -0.1) is 0 Å². The lowest BCUT2D eigenvalue weighted by Gasteiger charge is -2.02. The molecule has 0 saturated carbocycles. The third kappa shape index (κ3) is 2.30. The topological polar surface area (TPSA) is 47.3 Å². The van der Waals surface area contributed by atoms with E-state index < -0.39 is 5.63 Å². The van der Waals surface area contributed by atoms with Gasteiger partial charge in [0.2, 0.25) is 0 Å². The molecule has 0 saturated heterocycles. The maximum atomic E-state index is 12.3. The minimum atomic E-state index is -0.614. The highest BCUT2D eigenvalue weighted by molar-refractivity contribution is 9.10. The Hall–Kier alpha value is -2.20. The SMILES string of the molecule is O=C(c1ccc(Br)cc1)c1cc2ccccc2oc1=O. The molecule has 1 aromatic heterocycles. The Morgan fingerprint density at radius 1 is 1.00 bits per heavy atom. The van der Waals surface area contributed by atoms with Crippen molar-refractivity contribution < 1.29 is 9.21 Å². The lowest BCUT2D eigenvalue weighted by atomic mass is 10.0. The highest BCUT2D eigenvalue weighted by atomic mass is 79.9. The molecule has 0 aliphatic heterocycles. The molecule has 0 unspecified atom stereocenters. The average molecular weight is 329 g/mol. The summed E-state index contributed by atoms with van der Waals surface area (Å²) >= 11 is 3.31. The van der Waals surface area contributed by atoms with E-state index in [2.05, 4.69) is 15.9 Å². The van der Waals surface area contributed by atoms with Gasteiger partial charge in [-0.25, -0.2) is 4.79 Å². The molecule has 3 nitrogen and oxygen atoms in total. The number of fused-ring (bicyclic) bond motifs is 1. The summed E-state index contributed by atoms with van der Waals surface area (Å²) in [5.74, 6) is -0.336. The molecule has 0 aliphatic rings. The predicted molar refractivity (Wildman–Crippen MR) is 80.1 cm³/mol. The van der Waals surface area contributed by atoms with E-state index in [4.69, 9.17) is 4.42 Å². The molecule has 1 heterocycles. The minimum Gasteiger partial charge on any atom is -0.422 e. The van der Waals surface area contributed by atoms with Crippen LogP contribution in [0.1, 0.15) is 15.9 Å². The summed E-state index contributed by atoms with van der Waals surface area (Å²) in [6.45, 7) is 0. The number of halogens is 1. The number of hydrogen-bond acceptors (Lipinski definition) is 3. The number of rotatable bonds is 2. The van der Waals surface area contributed by atoms with Crippen molar-refractivity contribution in [2.24, 2.45) is 0 Å². The van der Waals surface area contributed by atoms with Crippen LogP contribution in [0.15, 0.2) is 68.3 Å². The molecular formula is C16H9BrO3. The van der Waals surface area contributed by atoms with E-state index in [9.17, 15) is 9.59 Å². The first-order valence-corrected chi connectivity index (χ1v) is 6.77. The van der Waals surface area contributed by atoms with E-state index in [-0.39, 0.29) is 11.3 Å². The van der Waals surface area contributed by atoms with Crippen molar-refractivity contribution >= 4 is 32.7 Å². The molecule has 0 atom stereocenters.